The van der Waals surface area contributed by atoms with E-state index in [4.69, 9.17) is 18.5 Å². The van der Waals surface area contributed by atoms with E-state index in [2.05, 4.69) is 13.8 Å². The maximum absolute atomic E-state index is 12.5. The summed E-state index contributed by atoms with van der Waals surface area (Å²) in [6.45, 7) is 4.10. The molecule has 0 fully saturated rings. The third kappa shape index (κ3) is 32.9. The molecule has 9 nitrogen and oxygen atoms in total. The van der Waals surface area contributed by atoms with Crippen LogP contribution < -0.4 is 4.89 Å². The number of likely N-dealkylation sites (N-methyl/N-ethyl adjacent to an activating group) is 1. The molecule has 46 heavy (non-hydrogen) atoms. The minimum atomic E-state index is -4.60. The number of hydrogen-bond acceptors (Lipinski definition) is 8. The van der Waals surface area contributed by atoms with E-state index in [-0.39, 0.29) is 26.1 Å². The summed E-state index contributed by atoms with van der Waals surface area (Å²) in [4.78, 5) is 36.9. The Bertz CT molecular complexity index is 774. The lowest BCUT2D eigenvalue weighted by Gasteiger charge is -2.28. The third-order valence-corrected chi connectivity index (χ3v) is 9.09. The normalized spacial score (nSPS) is 13.8. The van der Waals surface area contributed by atoms with E-state index in [9.17, 15) is 19.0 Å². The van der Waals surface area contributed by atoms with Gasteiger partial charge in [-0.2, -0.15) is 0 Å². The van der Waals surface area contributed by atoms with E-state index < -0.39 is 32.5 Å². The summed E-state index contributed by atoms with van der Waals surface area (Å²) >= 11 is 0. The van der Waals surface area contributed by atoms with E-state index in [1.165, 1.54) is 96.3 Å². The molecular weight excluding hydrogens is 605 g/mol. The van der Waals surface area contributed by atoms with E-state index in [0.29, 0.717) is 17.4 Å². The number of esters is 2. The van der Waals surface area contributed by atoms with Gasteiger partial charge in [-0.1, -0.05) is 142 Å². The first kappa shape index (κ1) is 45.0. The fourth-order valence-electron chi connectivity index (χ4n) is 5.12. The van der Waals surface area contributed by atoms with E-state index in [1.54, 1.807) is 0 Å². The smallest absolute Gasteiger partial charge is 0.306 e. The lowest BCUT2D eigenvalue weighted by Crippen LogP contribution is -2.37. The topological polar surface area (TPSA) is 111 Å². The number of quaternary nitrogens is 1. The van der Waals surface area contributed by atoms with Crippen LogP contribution in [0.1, 0.15) is 168 Å². The molecule has 0 N–H and O–H groups in total. The number of phosphoric acid groups is 1. The Hall–Kier alpha value is -0.990. The van der Waals surface area contributed by atoms with E-state index in [0.717, 1.165) is 38.5 Å². The maximum Gasteiger partial charge on any atom is 0.306 e. The number of rotatable bonds is 34. The van der Waals surface area contributed by atoms with Crippen molar-refractivity contribution in [2.24, 2.45) is 0 Å². The Morgan fingerprint density at radius 1 is 0.587 bits per heavy atom. The van der Waals surface area contributed by atoms with Gasteiger partial charge in [-0.15, -0.1) is 0 Å². The summed E-state index contributed by atoms with van der Waals surface area (Å²) in [5.41, 5.74) is 0. The van der Waals surface area contributed by atoms with Crippen LogP contribution in [-0.4, -0.2) is 70.0 Å². The molecule has 0 heterocycles. The molecule has 0 spiro atoms. The molecule has 2 unspecified atom stereocenters. The highest BCUT2D eigenvalue weighted by atomic mass is 31.2. The molecule has 2 atom stereocenters. The van der Waals surface area contributed by atoms with Crippen molar-refractivity contribution in [3.05, 3.63) is 0 Å². The van der Waals surface area contributed by atoms with Crippen LogP contribution in [0, 0.1) is 0 Å². The number of hydrogen-bond donors (Lipinski definition) is 0. The first-order valence-electron chi connectivity index (χ1n) is 18.7. The minimum absolute atomic E-state index is 0.0269. The second kappa shape index (κ2) is 30.1. The largest absolute Gasteiger partial charge is 0.756 e. The molecule has 10 heteroatoms. The lowest BCUT2D eigenvalue weighted by atomic mass is 10.0. The van der Waals surface area contributed by atoms with E-state index in [1.807, 2.05) is 21.1 Å². The molecule has 0 saturated heterocycles. The van der Waals surface area contributed by atoms with Gasteiger partial charge in [-0.3, -0.25) is 14.2 Å². The molecule has 0 aromatic rings. The molecular formula is C36H72NO8P. The van der Waals surface area contributed by atoms with Crippen LogP contribution in [-0.2, 0) is 32.7 Å². The van der Waals surface area contributed by atoms with Crippen molar-refractivity contribution in [3.63, 3.8) is 0 Å². The summed E-state index contributed by atoms with van der Waals surface area (Å²) in [5.74, 6) is -0.846. The zero-order chi connectivity index (χ0) is 34.4. The zero-order valence-electron chi connectivity index (χ0n) is 30.5. The Morgan fingerprint density at radius 3 is 1.41 bits per heavy atom. The molecule has 0 amide bonds. The molecule has 0 rings (SSSR count). The monoisotopic (exact) mass is 677 g/mol. The Balaban J connectivity index is 4.17. The summed E-state index contributed by atoms with van der Waals surface area (Å²) < 4.78 is 33.5. The van der Waals surface area contributed by atoms with Crippen molar-refractivity contribution in [2.45, 2.75) is 174 Å². The Kier molecular flexibility index (Phi) is 29.4. The first-order chi connectivity index (χ1) is 22.0. The van der Waals surface area contributed by atoms with Crippen LogP contribution in [0.3, 0.4) is 0 Å². The van der Waals surface area contributed by atoms with Crippen molar-refractivity contribution in [1.29, 1.82) is 0 Å². The van der Waals surface area contributed by atoms with Gasteiger partial charge in [-0.25, -0.2) is 0 Å². The molecule has 0 aliphatic rings. The number of unbranched alkanes of at least 4 members (excludes halogenated alkanes) is 20. The van der Waals surface area contributed by atoms with Crippen LogP contribution in [0.15, 0.2) is 0 Å². The van der Waals surface area contributed by atoms with Gasteiger partial charge in [0, 0.05) is 12.8 Å². The molecule has 0 saturated carbocycles. The quantitative estimate of drug-likeness (QED) is 0.0287. The van der Waals surface area contributed by atoms with Crippen molar-refractivity contribution >= 4 is 19.8 Å². The van der Waals surface area contributed by atoms with Crippen LogP contribution in [0.5, 0.6) is 0 Å². The van der Waals surface area contributed by atoms with Crippen LogP contribution in [0.25, 0.3) is 0 Å². The standard InChI is InChI=1S/C36H72NO8P/c1-6-8-10-12-13-14-15-16-17-18-19-20-21-22-23-24-25-27-29-36(39)45-34(32-42-35(38)28-26-11-9-7-2)33-44-46(40,41)43-31-30-37(3,4)5/h34H,6-33H2,1-5H3. The van der Waals surface area contributed by atoms with Crippen molar-refractivity contribution < 1.29 is 42.1 Å². The van der Waals surface area contributed by atoms with Crippen molar-refractivity contribution in [1.82, 2.24) is 0 Å². The third-order valence-electron chi connectivity index (χ3n) is 8.13. The van der Waals surface area contributed by atoms with Gasteiger partial charge in [0.25, 0.3) is 7.82 Å². The number of carbonyl (C=O) groups excluding carboxylic acids is 2. The van der Waals surface area contributed by atoms with Gasteiger partial charge in [0.2, 0.25) is 0 Å². The second-order valence-corrected chi connectivity index (χ2v) is 15.4. The van der Waals surface area contributed by atoms with Gasteiger partial charge in [0.1, 0.15) is 19.8 Å². The summed E-state index contributed by atoms with van der Waals surface area (Å²) in [5, 5.41) is 0. The Morgan fingerprint density at radius 2 is 0.978 bits per heavy atom. The average Bonchev–Trinajstić information content (AvgIpc) is 2.99. The fourth-order valence-corrected chi connectivity index (χ4v) is 5.85. The van der Waals surface area contributed by atoms with Gasteiger partial charge in [0.05, 0.1) is 27.7 Å². The Labute approximate surface area is 283 Å². The number of ether oxygens (including phenoxy) is 2. The molecule has 0 aromatic heterocycles. The summed E-state index contributed by atoms with van der Waals surface area (Å²) in [7, 11) is 1.17. The molecule has 0 aromatic carbocycles. The predicted molar refractivity (Wildman–Crippen MR) is 185 cm³/mol. The fraction of sp³-hybridized carbons (Fsp3) is 0.944. The summed E-state index contributed by atoms with van der Waals surface area (Å²) in [6.07, 6.45) is 26.2. The van der Waals surface area contributed by atoms with Crippen LogP contribution in [0.2, 0.25) is 0 Å². The molecule has 274 valence electrons. The van der Waals surface area contributed by atoms with Crippen molar-refractivity contribution in [3.8, 4) is 0 Å². The lowest BCUT2D eigenvalue weighted by molar-refractivity contribution is -0.870. The number of phosphoric ester groups is 1. The highest BCUT2D eigenvalue weighted by molar-refractivity contribution is 7.45. The predicted octanol–water partition coefficient (Wildman–Crippen LogP) is 9.05. The summed E-state index contributed by atoms with van der Waals surface area (Å²) in [6, 6.07) is 0. The first-order valence-corrected chi connectivity index (χ1v) is 20.2. The van der Waals surface area contributed by atoms with Gasteiger partial charge < -0.3 is 27.9 Å². The SMILES string of the molecule is CCCCCCCCCCCCCCCCCCCCC(=O)OC(COC(=O)CCCCCC)COP(=O)([O-])OCC[N+](C)(C)C. The van der Waals surface area contributed by atoms with Gasteiger partial charge >= 0.3 is 11.9 Å². The van der Waals surface area contributed by atoms with Crippen molar-refractivity contribution in [2.75, 3.05) is 47.5 Å². The molecule has 0 aliphatic carbocycles. The zero-order valence-corrected chi connectivity index (χ0v) is 31.4. The average molecular weight is 678 g/mol. The highest BCUT2D eigenvalue weighted by Gasteiger charge is 2.21. The molecule has 0 aliphatic heterocycles. The van der Waals surface area contributed by atoms with Crippen LogP contribution >= 0.6 is 7.82 Å². The highest BCUT2D eigenvalue weighted by Crippen LogP contribution is 2.38. The molecule has 0 bridgehead atoms. The minimum Gasteiger partial charge on any atom is -0.756 e. The van der Waals surface area contributed by atoms with Crippen LogP contribution in [0.4, 0.5) is 0 Å². The maximum atomic E-state index is 12.5. The van der Waals surface area contributed by atoms with E-state index >= 15 is 0 Å². The number of carbonyl (C=O) groups is 2. The van der Waals surface area contributed by atoms with Gasteiger partial charge in [-0.05, 0) is 12.8 Å². The molecule has 0 radical (unpaired) electrons. The number of nitrogens with zero attached hydrogens (tertiary/aromatic N) is 1. The second-order valence-electron chi connectivity index (χ2n) is 14.0. The van der Waals surface area contributed by atoms with Gasteiger partial charge in [0.15, 0.2) is 6.10 Å².